The maximum absolute atomic E-state index is 13.5. The lowest BCUT2D eigenvalue weighted by Crippen LogP contribution is -2.18. The van der Waals surface area contributed by atoms with Gasteiger partial charge in [0.25, 0.3) is 0 Å². The molecule has 0 saturated heterocycles. The van der Waals surface area contributed by atoms with E-state index in [2.05, 4.69) is 20.9 Å². The second-order valence-corrected chi connectivity index (χ2v) is 4.84. The monoisotopic (exact) mass is 312 g/mol. The summed E-state index contributed by atoms with van der Waals surface area (Å²) in [6.07, 6.45) is 1.67. The summed E-state index contributed by atoms with van der Waals surface area (Å²) >= 11 is 3.30. The van der Waals surface area contributed by atoms with E-state index in [1.54, 1.807) is 18.1 Å². The molecule has 0 amide bonds. The lowest BCUT2D eigenvalue weighted by Gasteiger charge is -2.18. The first-order valence-electron chi connectivity index (χ1n) is 5.33. The first kappa shape index (κ1) is 13.0. The van der Waals surface area contributed by atoms with Crippen LogP contribution in [0.5, 0.6) is 0 Å². The SMILES string of the molecule is CN(Cc1ccc(F)cc1F)c1ccc(Br)cn1. The van der Waals surface area contributed by atoms with Crippen LogP contribution in [-0.4, -0.2) is 12.0 Å². The standard InChI is InChI=1S/C13H11BrF2N2/c1-18(13-5-3-10(14)7-17-13)8-9-2-4-11(15)6-12(9)16/h2-7H,8H2,1H3. The zero-order chi connectivity index (χ0) is 13.1. The van der Waals surface area contributed by atoms with Crippen LogP contribution in [0, 0.1) is 11.6 Å². The molecular formula is C13H11BrF2N2. The summed E-state index contributed by atoms with van der Waals surface area (Å²) in [6.45, 7) is 0.334. The van der Waals surface area contributed by atoms with Gasteiger partial charge in [-0.15, -0.1) is 0 Å². The quantitative estimate of drug-likeness (QED) is 0.858. The van der Waals surface area contributed by atoms with Crippen LogP contribution in [0.2, 0.25) is 0 Å². The van der Waals surface area contributed by atoms with Gasteiger partial charge in [-0.3, -0.25) is 0 Å². The van der Waals surface area contributed by atoms with Gasteiger partial charge in [0.05, 0.1) is 0 Å². The second kappa shape index (κ2) is 5.44. The molecule has 0 unspecified atom stereocenters. The van der Waals surface area contributed by atoms with E-state index in [1.165, 1.54) is 12.1 Å². The van der Waals surface area contributed by atoms with E-state index < -0.39 is 11.6 Å². The number of hydrogen-bond donors (Lipinski definition) is 0. The molecule has 0 radical (unpaired) electrons. The van der Waals surface area contributed by atoms with E-state index in [-0.39, 0.29) is 0 Å². The third kappa shape index (κ3) is 3.04. The summed E-state index contributed by atoms with van der Waals surface area (Å²) in [5.74, 6) is -0.387. The Hall–Kier alpha value is -1.49. The molecule has 0 aliphatic rings. The molecule has 0 saturated carbocycles. The highest BCUT2D eigenvalue weighted by molar-refractivity contribution is 9.10. The molecule has 5 heteroatoms. The van der Waals surface area contributed by atoms with Crippen LogP contribution in [0.4, 0.5) is 14.6 Å². The van der Waals surface area contributed by atoms with Gasteiger partial charge >= 0.3 is 0 Å². The van der Waals surface area contributed by atoms with Crippen molar-refractivity contribution in [3.8, 4) is 0 Å². The summed E-state index contributed by atoms with van der Waals surface area (Å²) in [5.41, 5.74) is 0.434. The average Bonchev–Trinajstić information content (AvgIpc) is 2.33. The van der Waals surface area contributed by atoms with Crippen molar-refractivity contribution in [2.24, 2.45) is 0 Å². The molecule has 0 atom stereocenters. The molecule has 1 aromatic heterocycles. The van der Waals surface area contributed by atoms with Crippen LogP contribution in [-0.2, 0) is 6.54 Å². The van der Waals surface area contributed by atoms with Crippen molar-refractivity contribution in [3.63, 3.8) is 0 Å². The molecular weight excluding hydrogens is 302 g/mol. The van der Waals surface area contributed by atoms with Crippen LogP contribution < -0.4 is 4.90 Å². The largest absolute Gasteiger partial charge is 0.355 e. The molecule has 1 aromatic carbocycles. The Morgan fingerprint density at radius 1 is 1.22 bits per heavy atom. The molecule has 0 aliphatic heterocycles. The Bertz CT molecular complexity index is 543. The summed E-state index contributed by atoms with van der Waals surface area (Å²) in [4.78, 5) is 6.00. The summed E-state index contributed by atoms with van der Waals surface area (Å²) in [5, 5.41) is 0. The summed E-state index contributed by atoms with van der Waals surface area (Å²) < 4.78 is 27.2. The van der Waals surface area contributed by atoms with E-state index in [0.717, 1.165) is 16.4 Å². The van der Waals surface area contributed by atoms with Gasteiger partial charge in [-0.25, -0.2) is 13.8 Å². The third-order valence-electron chi connectivity index (χ3n) is 2.53. The Morgan fingerprint density at radius 2 is 2.00 bits per heavy atom. The molecule has 18 heavy (non-hydrogen) atoms. The van der Waals surface area contributed by atoms with E-state index >= 15 is 0 Å². The molecule has 2 aromatic rings. The van der Waals surface area contributed by atoms with E-state index in [0.29, 0.717) is 12.1 Å². The van der Waals surface area contributed by atoms with Gasteiger partial charge in [0, 0.05) is 35.9 Å². The topological polar surface area (TPSA) is 16.1 Å². The van der Waals surface area contributed by atoms with E-state index in [4.69, 9.17) is 0 Å². The molecule has 1 heterocycles. The third-order valence-corrected chi connectivity index (χ3v) is 2.99. The van der Waals surface area contributed by atoms with Crippen molar-refractivity contribution in [1.29, 1.82) is 0 Å². The highest BCUT2D eigenvalue weighted by Gasteiger charge is 2.08. The van der Waals surface area contributed by atoms with Crippen molar-refractivity contribution in [1.82, 2.24) is 4.98 Å². The van der Waals surface area contributed by atoms with Gasteiger partial charge in [-0.05, 0) is 34.1 Å². The number of aromatic nitrogens is 1. The normalized spacial score (nSPS) is 10.4. The fourth-order valence-corrected chi connectivity index (χ4v) is 1.81. The smallest absolute Gasteiger partial charge is 0.131 e. The fourth-order valence-electron chi connectivity index (χ4n) is 1.58. The van der Waals surface area contributed by atoms with Crippen molar-refractivity contribution in [3.05, 3.63) is 58.2 Å². The van der Waals surface area contributed by atoms with Crippen LogP contribution in [0.3, 0.4) is 0 Å². The van der Waals surface area contributed by atoms with Gasteiger partial charge in [-0.2, -0.15) is 0 Å². The second-order valence-electron chi connectivity index (χ2n) is 3.93. The molecule has 0 N–H and O–H groups in total. The van der Waals surface area contributed by atoms with Crippen molar-refractivity contribution in [2.45, 2.75) is 6.54 Å². The lowest BCUT2D eigenvalue weighted by molar-refractivity contribution is 0.571. The number of pyridine rings is 1. The molecule has 94 valence electrons. The molecule has 2 nitrogen and oxygen atoms in total. The fraction of sp³-hybridized carbons (Fsp3) is 0.154. The Labute approximate surface area is 112 Å². The molecule has 2 rings (SSSR count). The van der Waals surface area contributed by atoms with E-state index in [9.17, 15) is 8.78 Å². The predicted molar refractivity (Wildman–Crippen MR) is 70.4 cm³/mol. The van der Waals surface area contributed by atoms with Crippen LogP contribution >= 0.6 is 15.9 Å². The number of rotatable bonds is 3. The maximum Gasteiger partial charge on any atom is 0.131 e. The van der Waals surface area contributed by atoms with E-state index in [1.807, 2.05) is 12.1 Å². The number of halogens is 3. The number of nitrogens with zero attached hydrogens (tertiary/aromatic N) is 2. The maximum atomic E-state index is 13.5. The molecule has 0 aliphatic carbocycles. The van der Waals surface area contributed by atoms with Gasteiger partial charge in [0.2, 0.25) is 0 Å². The lowest BCUT2D eigenvalue weighted by atomic mass is 10.2. The summed E-state index contributed by atoms with van der Waals surface area (Å²) in [7, 11) is 1.80. The van der Waals surface area contributed by atoms with Crippen molar-refractivity contribution < 1.29 is 8.78 Å². The zero-order valence-electron chi connectivity index (χ0n) is 9.70. The minimum Gasteiger partial charge on any atom is -0.355 e. The average molecular weight is 313 g/mol. The molecule has 0 bridgehead atoms. The van der Waals surface area contributed by atoms with Gasteiger partial charge in [0.15, 0.2) is 0 Å². The zero-order valence-corrected chi connectivity index (χ0v) is 11.3. The molecule has 0 spiro atoms. The van der Waals surface area contributed by atoms with Crippen molar-refractivity contribution >= 4 is 21.7 Å². The number of anilines is 1. The van der Waals surface area contributed by atoms with Crippen molar-refractivity contribution in [2.75, 3.05) is 11.9 Å². The van der Waals surface area contributed by atoms with Gasteiger partial charge in [0.1, 0.15) is 17.5 Å². The van der Waals surface area contributed by atoms with Gasteiger partial charge < -0.3 is 4.90 Å². The highest BCUT2D eigenvalue weighted by Crippen LogP contribution is 2.17. The number of benzene rings is 1. The first-order valence-corrected chi connectivity index (χ1v) is 6.12. The van der Waals surface area contributed by atoms with Crippen LogP contribution in [0.1, 0.15) is 5.56 Å². The Morgan fingerprint density at radius 3 is 2.61 bits per heavy atom. The minimum absolute atomic E-state index is 0.334. The predicted octanol–water partition coefficient (Wildman–Crippen LogP) is 3.76. The number of hydrogen-bond acceptors (Lipinski definition) is 2. The Kier molecular flexibility index (Phi) is 3.91. The van der Waals surface area contributed by atoms with Crippen LogP contribution in [0.15, 0.2) is 41.0 Å². The first-order chi connectivity index (χ1) is 8.56. The highest BCUT2D eigenvalue weighted by atomic mass is 79.9. The summed E-state index contributed by atoms with van der Waals surface area (Å²) in [6, 6.07) is 7.27. The Balaban J connectivity index is 2.15. The van der Waals surface area contributed by atoms with Crippen LogP contribution in [0.25, 0.3) is 0 Å². The van der Waals surface area contributed by atoms with Gasteiger partial charge in [-0.1, -0.05) is 6.07 Å². The molecule has 0 fully saturated rings. The minimum atomic E-state index is -0.569.